The molecule has 0 saturated carbocycles. The highest BCUT2D eigenvalue weighted by atomic mass is 35.5. The van der Waals surface area contributed by atoms with Gasteiger partial charge in [-0.25, -0.2) is 4.98 Å². The van der Waals surface area contributed by atoms with E-state index in [9.17, 15) is 5.11 Å². The van der Waals surface area contributed by atoms with Crippen molar-refractivity contribution in [3.05, 3.63) is 112 Å². The molecule has 29 heavy (non-hydrogen) atoms. The molecule has 1 heterocycles. The summed E-state index contributed by atoms with van der Waals surface area (Å²) in [7, 11) is 0. The van der Waals surface area contributed by atoms with Crippen LogP contribution < -0.4 is 0 Å². The molecule has 3 heteroatoms. The summed E-state index contributed by atoms with van der Waals surface area (Å²) in [5.41, 5.74) is 4.96. The molecule has 1 atom stereocenters. The number of aliphatic hydroxyl groups excluding tert-OH is 1. The van der Waals surface area contributed by atoms with Crippen molar-refractivity contribution in [3.8, 4) is 0 Å². The maximum Gasteiger partial charge on any atom is 0.0793 e. The standard InChI is InChI=1S/C26H22ClNO/c27-23-13-11-21-12-15-24(28-25(21)18-23)14-9-20-7-4-8-22(17-20)26(29)16-10-19-5-2-1-3-6-19/h1-9,11-15,17-18,26,29H,10,16H2/t26-/m0/s1. The maximum atomic E-state index is 10.6. The third-order valence-corrected chi connectivity index (χ3v) is 5.20. The predicted molar refractivity (Wildman–Crippen MR) is 122 cm³/mol. The molecule has 4 rings (SSSR count). The van der Waals surface area contributed by atoms with E-state index in [1.165, 1.54) is 5.56 Å². The maximum absolute atomic E-state index is 10.6. The fraction of sp³-hybridized carbons (Fsp3) is 0.115. The third-order valence-electron chi connectivity index (χ3n) is 4.97. The summed E-state index contributed by atoms with van der Waals surface area (Å²) in [4.78, 5) is 4.65. The normalized spacial score (nSPS) is 12.5. The van der Waals surface area contributed by atoms with E-state index < -0.39 is 6.10 Å². The van der Waals surface area contributed by atoms with Crippen LogP contribution >= 0.6 is 11.6 Å². The van der Waals surface area contributed by atoms with Gasteiger partial charge in [-0.2, -0.15) is 0 Å². The monoisotopic (exact) mass is 399 g/mol. The van der Waals surface area contributed by atoms with Gasteiger partial charge in [-0.15, -0.1) is 0 Å². The fourth-order valence-electron chi connectivity index (χ4n) is 3.37. The van der Waals surface area contributed by atoms with Crippen molar-refractivity contribution in [1.29, 1.82) is 0 Å². The van der Waals surface area contributed by atoms with Crippen LogP contribution in [0.25, 0.3) is 23.1 Å². The first-order valence-corrected chi connectivity index (χ1v) is 10.1. The lowest BCUT2D eigenvalue weighted by atomic mass is 9.99. The largest absolute Gasteiger partial charge is 0.388 e. The molecule has 0 unspecified atom stereocenters. The van der Waals surface area contributed by atoms with Gasteiger partial charge in [-0.3, -0.25) is 0 Å². The van der Waals surface area contributed by atoms with Gasteiger partial charge in [0.1, 0.15) is 0 Å². The van der Waals surface area contributed by atoms with Crippen LogP contribution in [0.3, 0.4) is 0 Å². The van der Waals surface area contributed by atoms with Crippen LogP contribution in [0, 0.1) is 0 Å². The number of pyridine rings is 1. The van der Waals surface area contributed by atoms with E-state index in [1.807, 2.05) is 84.9 Å². The second kappa shape index (κ2) is 9.04. The molecule has 0 aliphatic heterocycles. The second-order valence-corrected chi connectivity index (χ2v) is 7.55. The van der Waals surface area contributed by atoms with Crippen molar-refractivity contribution < 1.29 is 5.11 Å². The van der Waals surface area contributed by atoms with Crippen LogP contribution in [-0.4, -0.2) is 10.1 Å². The van der Waals surface area contributed by atoms with Gasteiger partial charge in [0.05, 0.1) is 17.3 Å². The van der Waals surface area contributed by atoms with Gasteiger partial charge in [0, 0.05) is 10.4 Å². The molecule has 1 aromatic heterocycles. The SMILES string of the molecule is O[C@@H](CCc1ccccc1)c1cccc(C=Cc2ccc3ccc(Cl)cc3n2)c1. The number of rotatable bonds is 6. The summed E-state index contributed by atoms with van der Waals surface area (Å²) in [5, 5.41) is 12.3. The lowest BCUT2D eigenvalue weighted by Gasteiger charge is -2.11. The van der Waals surface area contributed by atoms with Crippen LogP contribution in [0.2, 0.25) is 5.02 Å². The van der Waals surface area contributed by atoms with Gasteiger partial charge in [0.25, 0.3) is 0 Å². The van der Waals surface area contributed by atoms with Crippen molar-refractivity contribution in [2.45, 2.75) is 18.9 Å². The highest BCUT2D eigenvalue weighted by Crippen LogP contribution is 2.22. The average molecular weight is 400 g/mol. The number of fused-ring (bicyclic) bond motifs is 1. The van der Waals surface area contributed by atoms with Crippen LogP contribution in [0.4, 0.5) is 0 Å². The average Bonchev–Trinajstić information content (AvgIpc) is 2.76. The minimum atomic E-state index is -0.482. The highest BCUT2D eigenvalue weighted by Gasteiger charge is 2.08. The number of hydrogen-bond acceptors (Lipinski definition) is 2. The zero-order valence-electron chi connectivity index (χ0n) is 16.0. The predicted octanol–water partition coefficient (Wildman–Crippen LogP) is 6.72. The Morgan fingerprint density at radius 1 is 0.862 bits per heavy atom. The number of aromatic nitrogens is 1. The Bertz CT molecular complexity index is 1140. The van der Waals surface area contributed by atoms with Crippen molar-refractivity contribution in [1.82, 2.24) is 4.98 Å². The molecule has 1 N–H and O–H groups in total. The van der Waals surface area contributed by atoms with E-state index in [4.69, 9.17) is 11.6 Å². The van der Waals surface area contributed by atoms with Crippen molar-refractivity contribution in [3.63, 3.8) is 0 Å². The molecule has 0 aliphatic rings. The van der Waals surface area contributed by atoms with Gasteiger partial charge in [-0.05, 0) is 59.9 Å². The first kappa shape index (κ1) is 19.4. The molecule has 0 fully saturated rings. The van der Waals surface area contributed by atoms with E-state index in [1.54, 1.807) is 0 Å². The summed E-state index contributed by atoms with van der Waals surface area (Å²) < 4.78 is 0. The number of hydrogen-bond donors (Lipinski definition) is 1. The van der Waals surface area contributed by atoms with Gasteiger partial charge in [0.2, 0.25) is 0 Å². The third kappa shape index (κ3) is 5.11. The molecule has 0 aliphatic carbocycles. The van der Waals surface area contributed by atoms with E-state index >= 15 is 0 Å². The fourth-order valence-corrected chi connectivity index (χ4v) is 3.53. The smallest absolute Gasteiger partial charge is 0.0793 e. The van der Waals surface area contributed by atoms with Crippen molar-refractivity contribution in [2.24, 2.45) is 0 Å². The van der Waals surface area contributed by atoms with Crippen molar-refractivity contribution in [2.75, 3.05) is 0 Å². The molecular formula is C26H22ClNO. The number of benzene rings is 3. The van der Waals surface area contributed by atoms with Gasteiger partial charge in [-0.1, -0.05) is 78.3 Å². The zero-order valence-corrected chi connectivity index (χ0v) is 16.8. The Labute approximate surface area is 176 Å². The second-order valence-electron chi connectivity index (χ2n) is 7.12. The lowest BCUT2D eigenvalue weighted by Crippen LogP contribution is -2.00. The van der Waals surface area contributed by atoms with E-state index in [0.717, 1.165) is 34.1 Å². The quantitative estimate of drug-likeness (QED) is 0.390. The van der Waals surface area contributed by atoms with Gasteiger partial charge < -0.3 is 5.11 Å². The molecule has 0 saturated heterocycles. The van der Waals surface area contributed by atoms with Gasteiger partial charge >= 0.3 is 0 Å². The summed E-state index contributed by atoms with van der Waals surface area (Å²) in [6, 6.07) is 28.0. The molecule has 4 aromatic rings. The highest BCUT2D eigenvalue weighted by molar-refractivity contribution is 6.31. The molecule has 0 spiro atoms. The van der Waals surface area contributed by atoms with E-state index in [0.29, 0.717) is 11.4 Å². The zero-order chi connectivity index (χ0) is 20.1. The first-order valence-electron chi connectivity index (χ1n) is 9.74. The van der Waals surface area contributed by atoms with Crippen molar-refractivity contribution >= 4 is 34.7 Å². The Kier molecular flexibility index (Phi) is 6.04. The molecule has 0 amide bonds. The molecule has 0 bridgehead atoms. The summed E-state index contributed by atoms with van der Waals surface area (Å²) >= 11 is 6.07. The molecule has 2 nitrogen and oxygen atoms in total. The van der Waals surface area contributed by atoms with E-state index in [-0.39, 0.29) is 0 Å². The molecule has 144 valence electrons. The summed E-state index contributed by atoms with van der Waals surface area (Å²) in [6.07, 6.45) is 5.07. The number of nitrogens with zero attached hydrogens (tertiary/aromatic N) is 1. The van der Waals surface area contributed by atoms with Crippen LogP contribution in [0.5, 0.6) is 0 Å². The molecule has 0 radical (unpaired) electrons. The topological polar surface area (TPSA) is 33.1 Å². The first-order chi connectivity index (χ1) is 14.2. The Balaban J connectivity index is 1.46. The van der Waals surface area contributed by atoms with Crippen LogP contribution in [0.1, 0.15) is 34.9 Å². The van der Waals surface area contributed by atoms with Crippen LogP contribution in [0.15, 0.2) is 84.9 Å². The number of aryl methyl sites for hydroxylation is 1. The molecular weight excluding hydrogens is 378 g/mol. The Morgan fingerprint density at radius 2 is 1.69 bits per heavy atom. The lowest BCUT2D eigenvalue weighted by molar-refractivity contribution is 0.168. The molecule has 3 aromatic carbocycles. The summed E-state index contributed by atoms with van der Waals surface area (Å²) in [6.45, 7) is 0. The summed E-state index contributed by atoms with van der Waals surface area (Å²) in [5.74, 6) is 0. The van der Waals surface area contributed by atoms with Gasteiger partial charge in [0.15, 0.2) is 0 Å². The Morgan fingerprint density at radius 3 is 2.55 bits per heavy atom. The minimum absolute atomic E-state index is 0.482. The van der Waals surface area contributed by atoms with Crippen LogP contribution in [-0.2, 0) is 6.42 Å². The Hall–Kier alpha value is -2.94. The van der Waals surface area contributed by atoms with E-state index in [2.05, 4.69) is 17.1 Å². The number of halogens is 1. The minimum Gasteiger partial charge on any atom is -0.388 e. The number of aliphatic hydroxyl groups is 1.